The molecule has 1 fully saturated rings. The van der Waals surface area contributed by atoms with Crippen LogP contribution in [0.3, 0.4) is 0 Å². The predicted molar refractivity (Wildman–Crippen MR) is 112 cm³/mol. The molecule has 1 aromatic carbocycles. The van der Waals surface area contributed by atoms with E-state index in [-0.39, 0.29) is 5.82 Å². The molecule has 26 heavy (non-hydrogen) atoms. The van der Waals surface area contributed by atoms with Crippen molar-refractivity contribution >= 4 is 39.1 Å². The van der Waals surface area contributed by atoms with E-state index < -0.39 is 26.4 Å². The standard InChI is InChI=1S/C19H26BrFN2OS2/c1-17(2,3)26(24)23-18(4,15-10-14(20)8-9-16(15)21)12-25-19(5,11-22)13-6-7-13/h8-10,13,23H,6-7,12H2,1-5H3/t18-,19?,26?/m0/s1. The summed E-state index contributed by atoms with van der Waals surface area (Å²) in [5, 5.41) is 9.64. The van der Waals surface area contributed by atoms with Crippen LogP contribution in [0.1, 0.15) is 53.0 Å². The van der Waals surface area contributed by atoms with E-state index in [1.165, 1.54) is 17.8 Å². The van der Waals surface area contributed by atoms with Crippen LogP contribution in [-0.4, -0.2) is 19.8 Å². The van der Waals surface area contributed by atoms with E-state index >= 15 is 0 Å². The van der Waals surface area contributed by atoms with Gasteiger partial charge in [0.05, 0.1) is 11.6 Å². The SMILES string of the molecule is CC(C#N)(SC[C@](C)(N[S+]([O-])C(C)(C)C)c1cc(Br)ccc1F)C1CC1. The van der Waals surface area contributed by atoms with Crippen molar-refractivity contribution in [3.8, 4) is 6.07 Å². The van der Waals surface area contributed by atoms with Gasteiger partial charge >= 0.3 is 0 Å². The van der Waals surface area contributed by atoms with Crippen molar-refractivity contribution in [2.75, 3.05) is 5.75 Å². The lowest BCUT2D eigenvalue weighted by Gasteiger charge is -2.37. The molecule has 1 aromatic rings. The van der Waals surface area contributed by atoms with E-state index in [0.717, 1.165) is 17.3 Å². The number of hydrogen-bond acceptors (Lipinski definition) is 4. The van der Waals surface area contributed by atoms with Gasteiger partial charge in [-0.25, -0.2) is 4.39 Å². The van der Waals surface area contributed by atoms with Crippen molar-refractivity contribution in [3.63, 3.8) is 0 Å². The minimum Gasteiger partial charge on any atom is -0.598 e. The number of nitrogens with zero attached hydrogens (tertiary/aromatic N) is 1. The molecule has 7 heteroatoms. The second-order valence-corrected chi connectivity index (χ2v) is 12.5. The molecule has 0 aliphatic heterocycles. The molecule has 0 aromatic heterocycles. The topological polar surface area (TPSA) is 58.9 Å². The van der Waals surface area contributed by atoms with Crippen molar-refractivity contribution in [3.05, 3.63) is 34.1 Å². The third-order valence-corrected chi connectivity index (χ3v) is 8.62. The highest BCUT2D eigenvalue weighted by Gasteiger charge is 2.46. The summed E-state index contributed by atoms with van der Waals surface area (Å²) in [5.74, 6) is 0.477. The maximum absolute atomic E-state index is 14.7. The summed E-state index contributed by atoms with van der Waals surface area (Å²) < 4.78 is 30.4. The van der Waals surface area contributed by atoms with Gasteiger partial charge in [0.2, 0.25) is 0 Å². The van der Waals surface area contributed by atoms with Gasteiger partial charge in [-0.2, -0.15) is 5.26 Å². The Morgan fingerprint density at radius 3 is 2.46 bits per heavy atom. The van der Waals surface area contributed by atoms with Crippen LogP contribution in [-0.2, 0) is 16.9 Å². The Kier molecular flexibility index (Phi) is 6.78. The van der Waals surface area contributed by atoms with Crippen molar-refractivity contribution in [1.82, 2.24) is 4.72 Å². The Morgan fingerprint density at radius 2 is 1.96 bits per heavy atom. The van der Waals surface area contributed by atoms with Gasteiger partial charge in [0.1, 0.15) is 15.3 Å². The Hall–Kier alpha value is -0.260. The third kappa shape index (κ3) is 5.17. The summed E-state index contributed by atoms with van der Waals surface area (Å²) >= 11 is 3.55. The highest BCUT2D eigenvalue weighted by atomic mass is 79.9. The number of benzene rings is 1. The summed E-state index contributed by atoms with van der Waals surface area (Å²) in [4.78, 5) is 0. The van der Waals surface area contributed by atoms with Crippen LogP contribution in [0.2, 0.25) is 0 Å². The van der Waals surface area contributed by atoms with Gasteiger partial charge in [-0.15, -0.1) is 16.5 Å². The average molecular weight is 461 g/mol. The zero-order valence-corrected chi connectivity index (χ0v) is 19.1. The van der Waals surface area contributed by atoms with Crippen LogP contribution < -0.4 is 4.72 Å². The first kappa shape index (κ1) is 22.0. The number of nitriles is 1. The summed E-state index contributed by atoms with van der Waals surface area (Å²) in [6.07, 6.45) is 2.11. The number of hydrogen-bond donors (Lipinski definition) is 1. The number of thioether (sulfide) groups is 1. The second-order valence-electron chi connectivity index (χ2n) is 8.22. The molecule has 0 heterocycles. The van der Waals surface area contributed by atoms with Crippen LogP contribution in [0.5, 0.6) is 0 Å². The Balaban J connectivity index is 2.35. The van der Waals surface area contributed by atoms with Crippen LogP contribution in [0.4, 0.5) is 4.39 Å². The average Bonchev–Trinajstić information content (AvgIpc) is 3.39. The smallest absolute Gasteiger partial charge is 0.136 e. The molecule has 0 spiro atoms. The summed E-state index contributed by atoms with van der Waals surface area (Å²) in [6, 6.07) is 7.22. The summed E-state index contributed by atoms with van der Waals surface area (Å²) in [5.41, 5.74) is -0.419. The predicted octanol–water partition coefficient (Wildman–Crippen LogP) is 5.28. The van der Waals surface area contributed by atoms with Crippen molar-refractivity contribution < 1.29 is 8.94 Å². The minimum absolute atomic E-state index is 0.347. The highest BCUT2D eigenvalue weighted by Crippen LogP contribution is 2.48. The fourth-order valence-electron chi connectivity index (χ4n) is 2.61. The number of nitrogens with one attached hydrogen (secondary N) is 1. The molecule has 1 aliphatic rings. The normalized spacial score (nSPS) is 20.7. The molecule has 2 unspecified atom stereocenters. The largest absolute Gasteiger partial charge is 0.598 e. The number of rotatable bonds is 7. The van der Waals surface area contributed by atoms with Gasteiger partial charge in [0, 0.05) is 27.2 Å². The molecule has 0 amide bonds. The van der Waals surface area contributed by atoms with Gasteiger partial charge in [0.25, 0.3) is 0 Å². The summed E-state index contributed by atoms with van der Waals surface area (Å²) in [6.45, 7) is 9.45. The molecule has 3 nitrogen and oxygen atoms in total. The van der Waals surface area contributed by atoms with Gasteiger partial charge in [-0.05, 0) is 71.6 Å². The van der Waals surface area contributed by atoms with Crippen LogP contribution in [0.15, 0.2) is 22.7 Å². The van der Waals surface area contributed by atoms with Crippen LogP contribution in [0.25, 0.3) is 0 Å². The van der Waals surface area contributed by atoms with Gasteiger partial charge in [0.15, 0.2) is 0 Å². The van der Waals surface area contributed by atoms with Crippen molar-refractivity contribution in [1.29, 1.82) is 5.26 Å². The monoisotopic (exact) mass is 460 g/mol. The second kappa shape index (κ2) is 8.00. The van der Waals surface area contributed by atoms with E-state index in [1.54, 1.807) is 12.1 Å². The lowest BCUT2D eigenvalue weighted by molar-refractivity contribution is 0.441. The molecule has 0 saturated heterocycles. The van der Waals surface area contributed by atoms with Crippen molar-refractivity contribution in [2.24, 2.45) is 5.92 Å². The van der Waals surface area contributed by atoms with Crippen molar-refractivity contribution in [2.45, 2.75) is 62.5 Å². The fraction of sp³-hybridized carbons (Fsp3) is 0.632. The van der Waals surface area contributed by atoms with E-state index in [1.807, 2.05) is 34.6 Å². The Labute approximate surface area is 171 Å². The maximum atomic E-state index is 14.7. The zero-order chi connectivity index (χ0) is 19.8. The number of halogens is 2. The lowest BCUT2D eigenvalue weighted by atomic mass is 9.95. The molecule has 1 aliphatic carbocycles. The quantitative estimate of drug-likeness (QED) is 0.562. The molecular weight excluding hydrogens is 435 g/mol. The third-order valence-electron chi connectivity index (χ3n) is 4.64. The fourth-order valence-corrected chi connectivity index (χ4v) is 5.31. The Morgan fingerprint density at radius 1 is 1.35 bits per heavy atom. The van der Waals surface area contributed by atoms with Crippen LogP contribution in [0, 0.1) is 23.1 Å². The van der Waals surface area contributed by atoms with Gasteiger partial charge in [-0.3, -0.25) is 0 Å². The van der Waals surface area contributed by atoms with Gasteiger partial charge < -0.3 is 4.55 Å². The lowest BCUT2D eigenvalue weighted by Crippen LogP contribution is -2.52. The molecule has 0 bridgehead atoms. The first-order chi connectivity index (χ1) is 11.9. The van der Waals surface area contributed by atoms with E-state index in [0.29, 0.717) is 17.2 Å². The Bertz CT molecular complexity index is 702. The van der Waals surface area contributed by atoms with Gasteiger partial charge in [-0.1, -0.05) is 15.9 Å². The van der Waals surface area contributed by atoms with E-state index in [9.17, 15) is 14.2 Å². The van der Waals surface area contributed by atoms with E-state index in [4.69, 9.17) is 0 Å². The molecule has 1 N–H and O–H groups in total. The molecule has 3 atom stereocenters. The first-order valence-electron chi connectivity index (χ1n) is 8.62. The summed E-state index contributed by atoms with van der Waals surface area (Å²) in [7, 11) is 0. The van der Waals surface area contributed by atoms with E-state index in [2.05, 4.69) is 26.7 Å². The molecular formula is C19H26BrFN2OS2. The highest BCUT2D eigenvalue weighted by molar-refractivity contribution is 9.10. The molecule has 1 saturated carbocycles. The zero-order valence-electron chi connectivity index (χ0n) is 15.9. The molecule has 2 rings (SSSR count). The molecule has 0 radical (unpaired) electrons. The molecule has 144 valence electrons. The minimum atomic E-state index is -1.38. The van der Waals surface area contributed by atoms with Crippen LogP contribution >= 0.6 is 27.7 Å². The first-order valence-corrected chi connectivity index (χ1v) is 11.5. The maximum Gasteiger partial charge on any atom is 0.136 e.